The number of carbonyl (C=O) groups is 1. The molecule has 6 heteroatoms. The van der Waals surface area contributed by atoms with E-state index in [1.807, 2.05) is 6.92 Å². The summed E-state index contributed by atoms with van der Waals surface area (Å²) in [5, 5.41) is 3.79. The lowest BCUT2D eigenvalue weighted by molar-refractivity contribution is -0.137. The Morgan fingerprint density at radius 3 is 2.28 bits per heavy atom. The van der Waals surface area contributed by atoms with Crippen molar-refractivity contribution < 1.29 is 18.0 Å². The minimum absolute atomic E-state index is 0.135. The molecule has 0 bridgehead atoms. The maximum atomic E-state index is 12.3. The van der Waals surface area contributed by atoms with Crippen LogP contribution in [-0.4, -0.2) is 11.6 Å². The zero-order valence-corrected chi connectivity index (χ0v) is 10.0. The predicted octanol–water partition coefficient (Wildman–Crippen LogP) is 3.22. The van der Waals surface area contributed by atoms with Crippen molar-refractivity contribution in [2.24, 2.45) is 5.10 Å². The summed E-state index contributed by atoms with van der Waals surface area (Å²) in [6, 6.07) is 3.97. The van der Waals surface area contributed by atoms with Crippen LogP contribution >= 0.6 is 0 Å². The van der Waals surface area contributed by atoms with Gasteiger partial charge in [-0.15, -0.1) is 0 Å². The zero-order chi connectivity index (χ0) is 13.8. The zero-order valence-electron chi connectivity index (χ0n) is 10.0. The molecule has 1 aromatic carbocycles. The van der Waals surface area contributed by atoms with Crippen molar-refractivity contribution >= 4 is 11.6 Å². The number of benzene rings is 1. The Bertz CT molecular complexity index is 449. The molecule has 0 fully saturated rings. The molecule has 3 nitrogen and oxygen atoms in total. The summed E-state index contributed by atoms with van der Waals surface area (Å²) in [5.41, 5.74) is 2.36. The van der Waals surface area contributed by atoms with Gasteiger partial charge in [-0.1, -0.05) is 6.92 Å². The fourth-order valence-corrected chi connectivity index (χ4v) is 1.10. The van der Waals surface area contributed by atoms with E-state index in [1.165, 1.54) is 0 Å². The van der Waals surface area contributed by atoms with Crippen molar-refractivity contribution in [1.82, 2.24) is 5.43 Å². The topological polar surface area (TPSA) is 41.5 Å². The number of nitrogens with one attached hydrogen (secondary N) is 1. The van der Waals surface area contributed by atoms with Gasteiger partial charge in [-0.3, -0.25) is 4.79 Å². The van der Waals surface area contributed by atoms with Gasteiger partial charge in [-0.25, -0.2) is 5.43 Å². The smallest absolute Gasteiger partial charge is 0.267 e. The van der Waals surface area contributed by atoms with Gasteiger partial charge in [0.1, 0.15) is 0 Å². The summed E-state index contributed by atoms with van der Waals surface area (Å²) in [7, 11) is 0. The van der Waals surface area contributed by atoms with E-state index in [0.717, 1.165) is 30.0 Å². The normalized spacial score (nSPS) is 12.4. The third-order valence-electron chi connectivity index (χ3n) is 2.33. The van der Waals surface area contributed by atoms with Crippen LogP contribution < -0.4 is 5.43 Å². The van der Waals surface area contributed by atoms with E-state index < -0.39 is 17.6 Å². The molecule has 0 aromatic heterocycles. The van der Waals surface area contributed by atoms with Gasteiger partial charge in [0.15, 0.2) is 0 Å². The Morgan fingerprint density at radius 1 is 1.28 bits per heavy atom. The Balaban J connectivity index is 2.77. The monoisotopic (exact) mass is 258 g/mol. The summed E-state index contributed by atoms with van der Waals surface area (Å²) in [5.74, 6) is -0.531. The van der Waals surface area contributed by atoms with Gasteiger partial charge in [0.05, 0.1) is 5.56 Å². The molecule has 0 saturated carbocycles. The highest BCUT2D eigenvalue weighted by molar-refractivity contribution is 5.95. The quantitative estimate of drug-likeness (QED) is 0.656. The predicted molar refractivity (Wildman–Crippen MR) is 62.3 cm³/mol. The molecule has 0 spiro atoms. The Morgan fingerprint density at radius 2 is 1.83 bits per heavy atom. The van der Waals surface area contributed by atoms with E-state index in [2.05, 4.69) is 10.5 Å². The first kappa shape index (κ1) is 14.2. The lowest BCUT2D eigenvalue weighted by Gasteiger charge is -2.07. The highest BCUT2D eigenvalue weighted by atomic mass is 19.4. The Hall–Kier alpha value is -1.85. The molecule has 1 amide bonds. The van der Waals surface area contributed by atoms with Crippen LogP contribution in [-0.2, 0) is 6.18 Å². The van der Waals surface area contributed by atoms with Crippen LogP contribution in [0.25, 0.3) is 0 Å². The highest BCUT2D eigenvalue weighted by Crippen LogP contribution is 2.28. The third-order valence-corrected chi connectivity index (χ3v) is 2.33. The highest BCUT2D eigenvalue weighted by Gasteiger charge is 2.30. The summed E-state index contributed by atoms with van der Waals surface area (Å²) in [4.78, 5) is 11.5. The number of carbonyl (C=O) groups excluding carboxylic acids is 1. The minimum atomic E-state index is -4.40. The SMILES string of the molecule is CC/C(C)=N\NC(=O)c1ccc(C(F)(F)F)cc1. The van der Waals surface area contributed by atoms with Gasteiger partial charge in [0.2, 0.25) is 0 Å². The Labute approximate surface area is 103 Å². The molecule has 0 saturated heterocycles. The number of halogens is 3. The van der Waals surface area contributed by atoms with Crippen LogP contribution in [0, 0.1) is 0 Å². The van der Waals surface area contributed by atoms with E-state index in [4.69, 9.17) is 0 Å². The van der Waals surface area contributed by atoms with E-state index in [0.29, 0.717) is 6.42 Å². The molecular formula is C12H13F3N2O. The average Bonchev–Trinajstić information content (AvgIpc) is 2.34. The largest absolute Gasteiger partial charge is 0.416 e. The number of rotatable bonds is 3. The first-order valence-corrected chi connectivity index (χ1v) is 5.35. The van der Waals surface area contributed by atoms with Gasteiger partial charge in [-0.2, -0.15) is 18.3 Å². The molecule has 0 radical (unpaired) electrons. The number of alkyl halides is 3. The minimum Gasteiger partial charge on any atom is -0.267 e. The number of hydrogen-bond donors (Lipinski definition) is 1. The molecule has 0 aliphatic rings. The molecular weight excluding hydrogens is 245 g/mol. The van der Waals surface area contributed by atoms with Crippen LogP contribution in [0.4, 0.5) is 13.2 Å². The van der Waals surface area contributed by atoms with E-state index >= 15 is 0 Å². The van der Waals surface area contributed by atoms with Gasteiger partial charge >= 0.3 is 6.18 Å². The first-order chi connectivity index (χ1) is 8.34. The summed E-state index contributed by atoms with van der Waals surface area (Å²) in [6.07, 6.45) is -3.71. The maximum absolute atomic E-state index is 12.3. The van der Waals surface area contributed by atoms with Crippen LogP contribution in [0.15, 0.2) is 29.4 Å². The molecule has 0 aliphatic carbocycles. The van der Waals surface area contributed by atoms with Crippen molar-refractivity contribution in [3.8, 4) is 0 Å². The maximum Gasteiger partial charge on any atom is 0.416 e. The number of nitrogens with zero attached hydrogens (tertiary/aromatic N) is 1. The summed E-state index contributed by atoms with van der Waals surface area (Å²) >= 11 is 0. The molecule has 0 atom stereocenters. The van der Waals surface area contributed by atoms with E-state index in [1.54, 1.807) is 6.92 Å². The molecule has 0 aliphatic heterocycles. The average molecular weight is 258 g/mol. The number of amides is 1. The molecule has 1 aromatic rings. The fraction of sp³-hybridized carbons (Fsp3) is 0.333. The molecule has 0 unspecified atom stereocenters. The Kier molecular flexibility index (Phi) is 4.47. The summed E-state index contributed by atoms with van der Waals surface area (Å²) < 4.78 is 36.9. The van der Waals surface area contributed by atoms with Crippen molar-refractivity contribution in [2.45, 2.75) is 26.4 Å². The second-order valence-electron chi connectivity index (χ2n) is 3.72. The van der Waals surface area contributed by atoms with Crippen LogP contribution in [0.3, 0.4) is 0 Å². The lowest BCUT2D eigenvalue weighted by Crippen LogP contribution is -2.19. The van der Waals surface area contributed by atoms with Crippen LogP contribution in [0.5, 0.6) is 0 Å². The second-order valence-corrected chi connectivity index (χ2v) is 3.72. The van der Waals surface area contributed by atoms with Crippen LogP contribution in [0.1, 0.15) is 36.2 Å². The molecule has 1 N–H and O–H groups in total. The first-order valence-electron chi connectivity index (χ1n) is 5.35. The fourth-order valence-electron chi connectivity index (χ4n) is 1.10. The van der Waals surface area contributed by atoms with Crippen LogP contribution in [0.2, 0.25) is 0 Å². The van der Waals surface area contributed by atoms with Crippen molar-refractivity contribution in [3.63, 3.8) is 0 Å². The standard InChI is InChI=1S/C12H13F3N2O/c1-3-8(2)16-17-11(18)9-4-6-10(7-5-9)12(13,14)15/h4-7H,3H2,1-2H3,(H,17,18)/b16-8-. The second kappa shape index (κ2) is 5.66. The van der Waals surface area contributed by atoms with Gasteiger partial charge in [-0.05, 0) is 37.6 Å². The van der Waals surface area contributed by atoms with Crippen molar-refractivity contribution in [1.29, 1.82) is 0 Å². The van der Waals surface area contributed by atoms with E-state index in [-0.39, 0.29) is 5.56 Å². The number of hydrogen-bond acceptors (Lipinski definition) is 2. The molecule has 0 heterocycles. The van der Waals surface area contributed by atoms with Crippen molar-refractivity contribution in [2.75, 3.05) is 0 Å². The third kappa shape index (κ3) is 3.87. The van der Waals surface area contributed by atoms with Gasteiger partial charge < -0.3 is 0 Å². The summed E-state index contributed by atoms with van der Waals surface area (Å²) in [6.45, 7) is 3.62. The number of hydrazone groups is 1. The van der Waals surface area contributed by atoms with Crippen molar-refractivity contribution in [3.05, 3.63) is 35.4 Å². The lowest BCUT2D eigenvalue weighted by atomic mass is 10.1. The molecule has 1 rings (SSSR count). The molecule has 98 valence electrons. The van der Waals surface area contributed by atoms with Gasteiger partial charge in [0.25, 0.3) is 5.91 Å². The molecule has 18 heavy (non-hydrogen) atoms. The van der Waals surface area contributed by atoms with Gasteiger partial charge in [0, 0.05) is 11.3 Å². The van der Waals surface area contributed by atoms with E-state index in [9.17, 15) is 18.0 Å².